The lowest BCUT2D eigenvalue weighted by Gasteiger charge is -2.27. The lowest BCUT2D eigenvalue weighted by Crippen LogP contribution is -2.33. The van der Waals surface area contributed by atoms with Gasteiger partial charge in [-0.05, 0) is 50.4 Å². The standard InChI is InChI=1S/C17H27ClN2/c1-3-14-8-7-12-20(14)13-11-17(19-4-2)15-9-5-6-10-16(15)18/h5-6,9-10,14,17,19H,3-4,7-8,11-13H2,1-2H3. The molecule has 1 aliphatic heterocycles. The van der Waals surface area contributed by atoms with Gasteiger partial charge in [0.05, 0.1) is 0 Å². The number of hydrogen-bond acceptors (Lipinski definition) is 2. The van der Waals surface area contributed by atoms with E-state index in [2.05, 4.69) is 36.2 Å². The molecule has 2 unspecified atom stereocenters. The lowest BCUT2D eigenvalue weighted by molar-refractivity contribution is 0.234. The summed E-state index contributed by atoms with van der Waals surface area (Å²) in [6.07, 6.45) is 5.14. The molecule has 2 atom stereocenters. The highest BCUT2D eigenvalue weighted by Crippen LogP contribution is 2.27. The summed E-state index contributed by atoms with van der Waals surface area (Å²) in [5.41, 5.74) is 1.24. The molecule has 0 aliphatic carbocycles. The van der Waals surface area contributed by atoms with Crippen LogP contribution in [0.15, 0.2) is 24.3 Å². The third kappa shape index (κ3) is 3.97. The fourth-order valence-corrected chi connectivity index (χ4v) is 3.59. The van der Waals surface area contributed by atoms with E-state index in [9.17, 15) is 0 Å². The van der Waals surface area contributed by atoms with Crippen LogP contribution < -0.4 is 5.32 Å². The molecule has 3 heteroatoms. The van der Waals surface area contributed by atoms with Crippen molar-refractivity contribution in [3.63, 3.8) is 0 Å². The van der Waals surface area contributed by atoms with E-state index in [0.717, 1.165) is 24.0 Å². The topological polar surface area (TPSA) is 15.3 Å². The summed E-state index contributed by atoms with van der Waals surface area (Å²) in [5, 5.41) is 4.47. The van der Waals surface area contributed by atoms with Crippen LogP contribution in [0.4, 0.5) is 0 Å². The molecule has 1 aromatic carbocycles. The summed E-state index contributed by atoms with van der Waals surface area (Å²) >= 11 is 6.35. The molecule has 112 valence electrons. The summed E-state index contributed by atoms with van der Waals surface area (Å²) in [5.74, 6) is 0. The van der Waals surface area contributed by atoms with E-state index < -0.39 is 0 Å². The number of nitrogens with zero attached hydrogens (tertiary/aromatic N) is 1. The Kier molecular flexibility index (Phi) is 6.34. The average molecular weight is 295 g/mol. The van der Waals surface area contributed by atoms with Crippen LogP contribution in [0.5, 0.6) is 0 Å². The molecule has 0 radical (unpaired) electrons. The highest BCUT2D eigenvalue weighted by molar-refractivity contribution is 6.31. The van der Waals surface area contributed by atoms with Crippen LogP contribution in [0.1, 0.15) is 51.1 Å². The Morgan fingerprint density at radius 3 is 2.85 bits per heavy atom. The van der Waals surface area contributed by atoms with Gasteiger partial charge in [0.25, 0.3) is 0 Å². The molecule has 2 rings (SSSR count). The second-order valence-electron chi connectivity index (χ2n) is 5.66. The van der Waals surface area contributed by atoms with Gasteiger partial charge in [-0.15, -0.1) is 0 Å². The largest absolute Gasteiger partial charge is 0.310 e. The molecule has 1 saturated heterocycles. The van der Waals surface area contributed by atoms with E-state index in [0.29, 0.717) is 6.04 Å². The maximum absolute atomic E-state index is 6.35. The quantitative estimate of drug-likeness (QED) is 0.808. The van der Waals surface area contributed by atoms with Crippen LogP contribution >= 0.6 is 11.6 Å². The number of halogens is 1. The maximum Gasteiger partial charge on any atom is 0.0453 e. The van der Waals surface area contributed by atoms with Gasteiger partial charge in [-0.25, -0.2) is 0 Å². The molecular weight excluding hydrogens is 268 g/mol. The Balaban J connectivity index is 1.97. The molecule has 1 aliphatic rings. The summed E-state index contributed by atoms with van der Waals surface area (Å²) in [6.45, 7) is 7.88. The van der Waals surface area contributed by atoms with Crippen molar-refractivity contribution in [1.82, 2.24) is 10.2 Å². The predicted octanol–water partition coefficient (Wildman–Crippen LogP) is 4.26. The van der Waals surface area contributed by atoms with Crippen molar-refractivity contribution in [2.75, 3.05) is 19.6 Å². The fourth-order valence-electron chi connectivity index (χ4n) is 3.32. The highest BCUT2D eigenvalue weighted by Gasteiger charge is 2.23. The van der Waals surface area contributed by atoms with Crippen molar-refractivity contribution in [3.05, 3.63) is 34.9 Å². The first-order chi connectivity index (χ1) is 9.76. The third-order valence-electron chi connectivity index (χ3n) is 4.41. The normalized spacial score (nSPS) is 21.2. The van der Waals surface area contributed by atoms with Crippen LogP contribution in [-0.2, 0) is 0 Å². The van der Waals surface area contributed by atoms with Gasteiger partial charge in [0.15, 0.2) is 0 Å². The van der Waals surface area contributed by atoms with Gasteiger partial charge in [0.2, 0.25) is 0 Å². The SMILES string of the molecule is CCNC(CCN1CCCC1CC)c1ccccc1Cl. The summed E-state index contributed by atoms with van der Waals surface area (Å²) in [6, 6.07) is 9.39. The van der Waals surface area contributed by atoms with Gasteiger partial charge < -0.3 is 10.2 Å². The van der Waals surface area contributed by atoms with E-state index in [1.807, 2.05) is 12.1 Å². The van der Waals surface area contributed by atoms with Crippen LogP contribution in [-0.4, -0.2) is 30.6 Å². The second kappa shape index (κ2) is 8.02. The number of likely N-dealkylation sites (tertiary alicyclic amines) is 1. The van der Waals surface area contributed by atoms with Crippen molar-refractivity contribution in [2.24, 2.45) is 0 Å². The van der Waals surface area contributed by atoms with Crippen molar-refractivity contribution in [2.45, 2.75) is 51.6 Å². The molecule has 20 heavy (non-hydrogen) atoms. The first kappa shape index (κ1) is 15.8. The van der Waals surface area contributed by atoms with Crippen molar-refractivity contribution in [3.8, 4) is 0 Å². The van der Waals surface area contributed by atoms with E-state index in [-0.39, 0.29) is 0 Å². The minimum absolute atomic E-state index is 0.367. The first-order valence-corrected chi connectivity index (χ1v) is 8.35. The zero-order valence-corrected chi connectivity index (χ0v) is 13.5. The van der Waals surface area contributed by atoms with Crippen molar-refractivity contribution >= 4 is 11.6 Å². The minimum atomic E-state index is 0.367. The Morgan fingerprint density at radius 2 is 2.15 bits per heavy atom. The van der Waals surface area contributed by atoms with E-state index in [1.165, 1.54) is 37.9 Å². The number of benzene rings is 1. The molecule has 0 bridgehead atoms. The van der Waals surface area contributed by atoms with E-state index >= 15 is 0 Å². The Morgan fingerprint density at radius 1 is 1.35 bits per heavy atom. The number of nitrogens with one attached hydrogen (secondary N) is 1. The number of hydrogen-bond donors (Lipinski definition) is 1. The molecule has 2 nitrogen and oxygen atoms in total. The Labute approximate surface area is 128 Å². The van der Waals surface area contributed by atoms with E-state index in [4.69, 9.17) is 11.6 Å². The molecule has 0 amide bonds. The summed E-state index contributed by atoms with van der Waals surface area (Å²) < 4.78 is 0. The average Bonchev–Trinajstić information content (AvgIpc) is 2.92. The highest BCUT2D eigenvalue weighted by atomic mass is 35.5. The fraction of sp³-hybridized carbons (Fsp3) is 0.647. The number of rotatable bonds is 7. The molecule has 1 heterocycles. The molecule has 0 aromatic heterocycles. The van der Waals surface area contributed by atoms with Gasteiger partial charge in [-0.2, -0.15) is 0 Å². The van der Waals surface area contributed by atoms with Gasteiger partial charge in [-0.1, -0.05) is 43.6 Å². The lowest BCUT2D eigenvalue weighted by atomic mass is 10.0. The predicted molar refractivity (Wildman–Crippen MR) is 87.4 cm³/mol. The van der Waals surface area contributed by atoms with Gasteiger partial charge in [-0.3, -0.25) is 0 Å². The van der Waals surface area contributed by atoms with Gasteiger partial charge in [0, 0.05) is 23.7 Å². The van der Waals surface area contributed by atoms with Crippen LogP contribution in [0, 0.1) is 0 Å². The minimum Gasteiger partial charge on any atom is -0.310 e. The van der Waals surface area contributed by atoms with Crippen LogP contribution in [0.2, 0.25) is 5.02 Å². The zero-order chi connectivity index (χ0) is 14.4. The smallest absolute Gasteiger partial charge is 0.0453 e. The maximum atomic E-state index is 6.35. The molecule has 1 fully saturated rings. The zero-order valence-electron chi connectivity index (χ0n) is 12.7. The van der Waals surface area contributed by atoms with Gasteiger partial charge >= 0.3 is 0 Å². The molecule has 1 aromatic rings. The first-order valence-electron chi connectivity index (χ1n) is 7.98. The Bertz CT molecular complexity index is 408. The second-order valence-corrected chi connectivity index (χ2v) is 6.07. The van der Waals surface area contributed by atoms with Crippen molar-refractivity contribution in [1.29, 1.82) is 0 Å². The van der Waals surface area contributed by atoms with Crippen LogP contribution in [0.25, 0.3) is 0 Å². The third-order valence-corrected chi connectivity index (χ3v) is 4.75. The summed E-state index contributed by atoms with van der Waals surface area (Å²) in [7, 11) is 0. The van der Waals surface area contributed by atoms with Crippen molar-refractivity contribution < 1.29 is 0 Å². The monoisotopic (exact) mass is 294 g/mol. The molecule has 1 N–H and O–H groups in total. The summed E-state index contributed by atoms with van der Waals surface area (Å²) in [4.78, 5) is 2.65. The molecule has 0 saturated carbocycles. The molecule has 0 spiro atoms. The van der Waals surface area contributed by atoms with Gasteiger partial charge in [0.1, 0.15) is 0 Å². The van der Waals surface area contributed by atoms with Crippen LogP contribution in [0.3, 0.4) is 0 Å². The molecular formula is C17H27ClN2. The Hall–Kier alpha value is -0.570. The van der Waals surface area contributed by atoms with E-state index in [1.54, 1.807) is 0 Å².